The third kappa shape index (κ3) is 2.30. The quantitative estimate of drug-likeness (QED) is 0.727. The van der Waals surface area contributed by atoms with Crippen LogP contribution in [0.15, 0.2) is 41.0 Å². The monoisotopic (exact) mass is 349 g/mol. The van der Waals surface area contributed by atoms with Crippen molar-refractivity contribution in [2.45, 2.75) is 6.61 Å². The maximum Gasteiger partial charge on any atom is 0.184 e. The molecule has 0 fully saturated rings. The van der Waals surface area contributed by atoms with Crippen LogP contribution in [0, 0.1) is 4.77 Å². The summed E-state index contributed by atoms with van der Waals surface area (Å²) in [6, 6.07) is 9.97. The van der Waals surface area contributed by atoms with Crippen LogP contribution in [0.5, 0.6) is 0 Å². The molecule has 0 radical (unpaired) electrons. The van der Waals surface area contributed by atoms with Gasteiger partial charge in [-0.1, -0.05) is 18.2 Å². The fourth-order valence-electron chi connectivity index (χ4n) is 2.20. The molecule has 0 aliphatic heterocycles. The summed E-state index contributed by atoms with van der Waals surface area (Å²) in [4.78, 5) is 7.64. The Morgan fingerprint density at radius 3 is 3.00 bits per heavy atom. The fraction of sp³-hybridized carbons (Fsp3) is 0.143. The molecule has 102 valence electrons. The molecule has 0 saturated carbocycles. The van der Waals surface area contributed by atoms with E-state index in [-0.39, 0.29) is 0 Å². The summed E-state index contributed by atoms with van der Waals surface area (Å²) in [5.41, 5.74) is 3.76. The Bertz CT molecular complexity index is 825. The summed E-state index contributed by atoms with van der Waals surface area (Å²) in [7, 11) is 1.68. The molecule has 4 nitrogen and oxygen atoms in total. The van der Waals surface area contributed by atoms with Gasteiger partial charge in [0.25, 0.3) is 0 Å². The van der Waals surface area contributed by atoms with Gasteiger partial charge in [0.15, 0.2) is 10.4 Å². The van der Waals surface area contributed by atoms with E-state index in [0.717, 1.165) is 26.9 Å². The first-order valence-corrected chi connectivity index (χ1v) is 7.24. The van der Waals surface area contributed by atoms with Crippen molar-refractivity contribution in [1.29, 1.82) is 0 Å². The maximum atomic E-state index is 5.43. The molecule has 0 bridgehead atoms. The number of hydrogen-bond donors (Lipinski definition) is 1. The van der Waals surface area contributed by atoms with E-state index in [0.29, 0.717) is 11.4 Å². The molecule has 0 aliphatic rings. The van der Waals surface area contributed by atoms with Crippen LogP contribution >= 0.6 is 28.1 Å². The first-order chi connectivity index (χ1) is 9.70. The van der Waals surface area contributed by atoms with E-state index in [2.05, 4.69) is 25.9 Å². The number of fused-ring (bicyclic) bond motifs is 1. The molecule has 1 N–H and O–H groups in total. The van der Waals surface area contributed by atoms with Crippen molar-refractivity contribution in [3.63, 3.8) is 0 Å². The number of ether oxygens (including phenoxy) is 1. The summed E-state index contributed by atoms with van der Waals surface area (Å²) >= 11 is 8.85. The lowest BCUT2D eigenvalue weighted by Crippen LogP contribution is -2.01. The van der Waals surface area contributed by atoms with Gasteiger partial charge in [-0.15, -0.1) is 0 Å². The van der Waals surface area contributed by atoms with Crippen LogP contribution in [0.3, 0.4) is 0 Å². The Hall–Kier alpha value is -1.50. The predicted octanol–water partition coefficient (Wildman–Crippen LogP) is 3.99. The number of aromatic nitrogens is 3. The smallest absolute Gasteiger partial charge is 0.184 e. The molecular weight excluding hydrogens is 338 g/mol. The van der Waals surface area contributed by atoms with Crippen molar-refractivity contribution in [2.75, 3.05) is 7.11 Å². The molecule has 1 aromatic carbocycles. The zero-order valence-electron chi connectivity index (χ0n) is 10.8. The molecule has 0 spiro atoms. The molecule has 2 heterocycles. The van der Waals surface area contributed by atoms with Crippen LogP contribution in [-0.2, 0) is 11.3 Å². The van der Waals surface area contributed by atoms with Gasteiger partial charge in [0.05, 0.1) is 17.8 Å². The van der Waals surface area contributed by atoms with Gasteiger partial charge >= 0.3 is 0 Å². The Morgan fingerprint density at radius 1 is 1.40 bits per heavy atom. The molecule has 20 heavy (non-hydrogen) atoms. The minimum atomic E-state index is 0.529. The Kier molecular flexibility index (Phi) is 3.69. The summed E-state index contributed by atoms with van der Waals surface area (Å²) in [6.45, 7) is 0.529. The maximum absolute atomic E-state index is 5.43. The number of methoxy groups -OCH3 is 1. The molecule has 0 unspecified atom stereocenters. The van der Waals surface area contributed by atoms with E-state index < -0.39 is 0 Å². The molecule has 2 aromatic heterocycles. The number of imidazole rings is 1. The van der Waals surface area contributed by atoms with Crippen molar-refractivity contribution in [3.05, 3.63) is 51.3 Å². The number of aromatic amines is 1. The van der Waals surface area contributed by atoms with Gasteiger partial charge in [0, 0.05) is 23.3 Å². The molecule has 3 rings (SSSR count). The normalized spacial score (nSPS) is 11.1. The van der Waals surface area contributed by atoms with Crippen LogP contribution in [0.1, 0.15) is 5.56 Å². The van der Waals surface area contributed by atoms with E-state index in [1.807, 2.05) is 34.9 Å². The average molecular weight is 350 g/mol. The van der Waals surface area contributed by atoms with Crippen molar-refractivity contribution in [2.24, 2.45) is 0 Å². The topological polar surface area (TPSA) is 42.8 Å². The molecule has 0 amide bonds. The number of nitrogens with one attached hydrogen (secondary N) is 1. The highest BCUT2D eigenvalue weighted by molar-refractivity contribution is 9.10. The van der Waals surface area contributed by atoms with Gasteiger partial charge in [-0.05, 0) is 40.3 Å². The van der Waals surface area contributed by atoms with Crippen molar-refractivity contribution in [3.8, 4) is 5.69 Å². The van der Waals surface area contributed by atoms with Crippen molar-refractivity contribution >= 4 is 39.3 Å². The number of benzene rings is 1. The second kappa shape index (κ2) is 5.47. The van der Waals surface area contributed by atoms with Gasteiger partial charge in [0.2, 0.25) is 0 Å². The first kappa shape index (κ1) is 13.5. The van der Waals surface area contributed by atoms with Crippen LogP contribution in [0.4, 0.5) is 0 Å². The van der Waals surface area contributed by atoms with E-state index in [1.54, 1.807) is 13.3 Å². The lowest BCUT2D eigenvalue weighted by atomic mass is 10.2. The minimum absolute atomic E-state index is 0.529. The van der Waals surface area contributed by atoms with Gasteiger partial charge in [-0.3, -0.25) is 4.57 Å². The summed E-state index contributed by atoms with van der Waals surface area (Å²) in [5.74, 6) is 0. The van der Waals surface area contributed by atoms with Crippen LogP contribution < -0.4 is 0 Å². The molecule has 3 aromatic rings. The third-order valence-electron chi connectivity index (χ3n) is 3.02. The van der Waals surface area contributed by atoms with E-state index in [4.69, 9.17) is 17.0 Å². The third-order valence-corrected chi connectivity index (χ3v) is 3.74. The number of nitrogens with zero attached hydrogens (tertiary/aromatic N) is 2. The Labute approximate surface area is 129 Å². The number of para-hydroxylation sites is 1. The predicted molar refractivity (Wildman–Crippen MR) is 84.7 cm³/mol. The lowest BCUT2D eigenvalue weighted by molar-refractivity contribution is 0.185. The number of hydrogen-bond acceptors (Lipinski definition) is 3. The van der Waals surface area contributed by atoms with Crippen molar-refractivity contribution in [1.82, 2.24) is 14.5 Å². The molecule has 0 aliphatic carbocycles. The molecular formula is C14H12BrN3OS. The number of H-pyrrole nitrogens is 1. The van der Waals surface area contributed by atoms with E-state index in [9.17, 15) is 0 Å². The van der Waals surface area contributed by atoms with Gasteiger partial charge < -0.3 is 9.72 Å². The van der Waals surface area contributed by atoms with E-state index in [1.165, 1.54) is 0 Å². The molecule has 0 saturated heterocycles. The van der Waals surface area contributed by atoms with Gasteiger partial charge in [-0.2, -0.15) is 0 Å². The van der Waals surface area contributed by atoms with Gasteiger partial charge in [0.1, 0.15) is 0 Å². The average Bonchev–Trinajstić information content (AvgIpc) is 2.75. The minimum Gasteiger partial charge on any atom is -0.380 e. The number of halogens is 1. The lowest BCUT2D eigenvalue weighted by Gasteiger charge is -2.10. The molecule has 6 heteroatoms. The highest BCUT2D eigenvalue weighted by Crippen LogP contribution is 2.23. The second-order valence-corrected chi connectivity index (χ2v) is 5.65. The van der Waals surface area contributed by atoms with Crippen molar-refractivity contribution < 1.29 is 4.74 Å². The summed E-state index contributed by atoms with van der Waals surface area (Å²) < 4.78 is 8.72. The zero-order valence-corrected chi connectivity index (χ0v) is 13.2. The molecule has 0 atom stereocenters. The largest absolute Gasteiger partial charge is 0.380 e. The standard InChI is InChI=1S/C14H12BrN3OS/c1-19-8-9-4-2-3-5-12(9)18-13-11(17-14(18)20)6-10(15)7-16-13/h2-7H,8H2,1H3,(H,17,20). The van der Waals surface area contributed by atoms with Crippen LogP contribution in [-0.4, -0.2) is 21.6 Å². The Morgan fingerprint density at radius 2 is 2.20 bits per heavy atom. The first-order valence-electron chi connectivity index (χ1n) is 6.04. The van der Waals surface area contributed by atoms with E-state index >= 15 is 0 Å². The number of rotatable bonds is 3. The Balaban J connectivity index is 2.30. The summed E-state index contributed by atoms with van der Waals surface area (Å²) in [5, 5.41) is 0. The second-order valence-electron chi connectivity index (χ2n) is 4.35. The highest BCUT2D eigenvalue weighted by Gasteiger charge is 2.11. The van der Waals surface area contributed by atoms with Gasteiger partial charge in [-0.25, -0.2) is 4.98 Å². The van der Waals surface area contributed by atoms with Crippen LogP contribution in [0.2, 0.25) is 0 Å². The summed E-state index contributed by atoms with van der Waals surface area (Å²) in [6.07, 6.45) is 1.76. The zero-order chi connectivity index (χ0) is 14.1. The number of pyridine rings is 1. The fourth-order valence-corrected chi connectivity index (χ4v) is 2.83. The highest BCUT2D eigenvalue weighted by atomic mass is 79.9. The SMILES string of the molecule is COCc1ccccc1-n1c(=S)[nH]c2cc(Br)cnc21. The van der Waals surface area contributed by atoms with Crippen LogP contribution in [0.25, 0.3) is 16.9 Å².